The molecule has 2 heterocycles. The molecule has 0 amide bonds. The molecule has 0 bridgehead atoms. The van der Waals surface area contributed by atoms with Gasteiger partial charge < -0.3 is 19.7 Å². The van der Waals surface area contributed by atoms with Gasteiger partial charge in [0.2, 0.25) is 0 Å². The van der Waals surface area contributed by atoms with Crippen molar-refractivity contribution in [3.05, 3.63) is 0 Å². The Morgan fingerprint density at radius 1 is 0.893 bits per heavy atom. The zero-order valence-electron chi connectivity index (χ0n) is 17.7. The van der Waals surface area contributed by atoms with Crippen molar-refractivity contribution in [1.82, 2.24) is 0 Å². The van der Waals surface area contributed by atoms with Crippen LogP contribution < -0.4 is 0 Å². The Morgan fingerprint density at radius 3 is 1.39 bits per heavy atom. The second kappa shape index (κ2) is 12.2. The number of aliphatic hydroxyl groups is 2. The molecule has 0 aromatic heterocycles. The average Bonchev–Trinajstić information content (AvgIpc) is 3.29. The SMILES string of the molecule is CCC(CC)(C1=NC(CO)C(C(C)C)O1)C1=NC(CO)C(C(C)C)O1.[Cl][Zr][Cl]. The summed E-state index contributed by atoms with van der Waals surface area (Å²) in [6, 6.07) is -0.493. The number of rotatable bonds is 8. The summed E-state index contributed by atoms with van der Waals surface area (Å²) in [5.41, 5.74) is -0.534. The fourth-order valence-corrected chi connectivity index (χ4v) is 3.79. The van der Waals surface area contributed by atoms with Gasteiger partial charge in [0.25, 0.3) is 0 Å². The van der Waals surface area contributed by atoms with Gasteiger partial charge in [-0.3, -0.25) is 0 Å². The Bertz CT molecular complexity index is 500. The first kappa shape index (κ1) is 26.4. The molecule has 2 rings (SSSR count). The van der Waals surface area contributed by atoms with Gasteiger partial charge in [-0.2, -0.15) is 0 Å². The van der Waals surface area contributed by atoms with Gasteiger partial charge in [0, 0.05) is 0 Å². The van der Waals surface area contributed by atoms with Gasteiger partial charge >= 0.3 is 37.9 Å². The summed E-state index contributed by atoms with van der Waals surface area (Å²) in [5, 5.41) is 19.4. The van der Waals surface area contributed by atoms with E-state index < -0.39 is 26.3 Å². The minimum absolute atomic E-state index is 0.0307. The second-order valence-electron chi connectivity index (χ2n) is 7.88. The van der Waals surface area contributed by atoms with E-state index in [4.69, 9.17) is 36.5 Å². The van der Waals surface area contributed by atoms with Crippen molar-refractivity contribution in [2.75, 3.05) is 13.2 Å². The molecule has 4 atom stereocenters. The Labute approximate surface area is 187 Å². The fraction of sp³-hybridized carbons (Fsp3) is 0.895. The molecule has 0 spiro atoms. The maximum absolute atomic E-state index is 9.69. The van der Waals surface area contributed by atoms with E-state index in [2.05, 4.69) is 41.5 Å². The summed E-state index contributed by atoms with van der Waals surface area (Å²) in [6.45, 7) is 12.4. The molecule has 0 aromatic rings. The molecule has 2 aliphatic rings. The predicted molar refractivity (Wildman–Crippen MR) is 111 cm³/mol. The third kappa shape index (κ3) is 5.72. The molecule has 2 N–H and O–H groups in total. The van der Waals surface area contributed by atoms with Crippen molar-refractivity contribution >= 4 is 28.8 Å². The molecule has 0 radical (unpaired) electrons. The number of nitrogens with zero attached hydrogens (tertiary/aromatic N) is 2. The van der Waals surface area contributed by atoms with Gasteiger partial charge in [-0.15, -0.1) is 0 Å². The molecule has 4 unspecified atom stereocenters. The summed E-state index contributed by atoms with van der Waals surface area (Å²) in [5.74, 6) is 1.75. The first-order valence-electron chi connectivity index (χ1n) is 9.93. The van der Waals surface area contributed by atoms with E-state index >= 15 is 0 Å². The van der Waals surface area contributed by atoms with E-state index in [1.54, 1.807) is 0 Å². The Hall–Kier alpha value is 0.323. The maximum atomic E-state index is 9.69. The van der Waals surface area contributed by atoms with Crippen LogP contribution in [0.2, 0.25) is 0 Å². The topological polar surface area (TPSA) is 83.6 Å². The van der Waals surface area contributed by atoms with Crippen molar-refractivity contribution in [3.63, 3.8) is 0 Å². The zero-order valence-corrected chi connectivity index (χ0v) is 21.6. The quantitative estimate of drug-likeness (QED) is 0.514. The van der Waals surface area contributed by atoms with Crippen molar-refractivity contribution in [2.24, 2.45) is 27.2 Å². The standard InChI is InChI=1S/C19H34N2O4.2ClH.Zr/c1-7-19(8-2,17-20-13(9-22)15(24-17)11(3)4)18-21-14(10-23)16(25-18)12(5)6;;;/h11-16,22-23H,7-10H2,1-6H3;2*1H;/q;;;+2/p-2. The molecule has 0 saturated heterocycles. The van der Waals surface area contributed by atoms with E-state index in [0.29, 0.717) is 11.8 Å². The molecule has 0 fully saturated rings. The van der Waals surface area contributed by atoms with E-state index in [-0.39, 0.29) is 49.3 Å². The third-order valence-electron chi connectivity index (χ3n) is 5.53. The average molecular weight is 517 g/mol. The molecule has 28 heavy (non-hydrogen) atoms. The Kier molecular flexibility index (Phi) is 11.5. The van der Waals surface area contributed by atoms with E-state index in [1.165, 1.54) is 0 Å². The van der Waals surface area contributed by atoms with Crippen molar-refractivity contribution in [1.29, 1.82) is 0 Å². The van der Waals surface area contributed by atoms with E-state index in [9.17, 15) is 10.2 Å². The summed E-state index contributed by atoms with van der Waals surface area (Å²) < 4.78 is 12.4. The summed E-state index contributed by atoms with van der Waals surface area (Å²) >= 11 is -0.826. The van der Waals surface area contributed by atoms with E-state index in [0.717, 1.165) is 12.8 Å². The van der Waals surface area contributed by atoms with Crippen LogP contribution in [0.15, 0.2) is 9.98 Å². The molecular weight excluding hydrogens is 482 g/mol. The monoisotopic (exact) mass is 514 g/mol. The molecule has 9 heteroatoms. The molecule has 2 aliphatic heterocycles. The number of ether oxygens (including phenoxy) is 2. The normalized spacial score (nSPS) is 27.0. The molecule has 0 saturated carbocycles. The molecule has 0 aliphatic carbocycles. The number of halogens is 2. The van der Waals surface area contributed by atoms with Crippen molar-refractivity contribution in [2.45, 2.75) is 78.7 Å². The fourth-order valence-electron chi connectivity index (χ4n) is 3.79. The van der Waals surface area contributed by atoms with Gasteiger partial charge in [0.1, 0.15) is 29.7 Å². The van der Waals surface area contributed by atoms with Gasteiger partial charge in [-0.05, 0) is 24.7 Å². The van der Waals surface area contributed by atoms with Crippen LogP contribution in [0.3, 0.4) is 0 Å². The first-order chi connectivity index (χ1) is 13.3. The second-order valence-corrected chi connectivity index (χ2v) is 11.6. The predicted octanol–water partition coefficient (Wildman–Crippen LogP) is 3.80. The third-order valence-corrected chi connectivity index (χ3v) is 5.53. The number of aliphatic imine (C=N–C) groups is 2. The number of aliphatic hydroxyl groups excluding tert-OH is 2. The van der Waals surface area contributed by atoms with Crippen LogP contribution in [-0.4, -0.2) is 59.5 Å². The molecular formula is C19H34Cl2N2O4Zr. The molecule has 162 valence electrons. The van der Waals surface area contributed by atoms with Crippen LogP contribution in [-0.2, 0) is 30.3 Å². The van der Waals surface area contributed by atoms with Crippen LogP contribution >= 0.6 is 17.0 Å². The van der Waals surface area contributed by atoms with Crippen molar-refractivity contribution in [3.8, 4) is 0 Å². The minimum atomic E-state index is -0.826. The van der Waals surface area contributed by atoms with Crippen LogP contribution in [0.5, 0.6) is 0 Å². The van der Waals surface area contributed by atoms with Crippen LogP contribution in [0, 0.1) is 17.3 Å². The van der Waals surface area contributed by atoms with Gasteiger partial charge in [0.15, 0.2) is 11.8 Å². The van der Waals surface area contributed by atoms with Gasteiger partial charge in [-0.1, -0.05) is 41.5 Å². The van der Waals surface area contributed by atoms with E-state index in [1.807, 2.05) is 0 Å². The van der Waals surface area contributed by atoms with Crippen LogP contribution in [0.4, 0.5) is 0 Å². The van der Waals surface area contributed by atoms with Crippen LogP contribution in [0.25, 0.3) is 0 Å². The van der Waals surface area contributed by atoms with Crippen LogP contribution in [0.1, 0.15) is 54.4 Å². The number of hydrogen-bond donors (Lipinski definition) is 2. The Balaban J connectivity index is 0.00000122. The summed E-state index contributed by atoms with van der Waals surface area (Å²) in [4.78, 5) is 9.42. The Morgan fingerprint density at radius 2 is 1.21 bits per heavy atom. The van der Waals surface area contributed by atoms with Gasteiger partial charge in [-0.25, -0.2) is 9.98 Å². The van der Waals surface area contributed by atoms with Crippen molar-refractivity contribution < 1.29 is 40.5 Å². The number of hydrogen-bond acceptors (Lipinski definition) is 6. The summed E-state index contributed by atoms with van der Waals surface area (Å²) in [7, 11) is 9.87. The first-order valence-corrected chi connectivity index (χ1v) is 16.3. The molecule has 0 aromatic carbocycles. The summed E-state index contributed by atoms with van der Waals surface area (Å²) in [6.07, 6.45) is 1.23. The zero-order chi connectivity index (χ0) is 21.5. The van der Waals surface area contributed by atoms with Gasteiger partial charge in [0.05, 0.1) is 13.2 Å². The molecule has 6 nitrogen and oxygen atoms in total.